The molecule has 8 nitrogen and oxygen atoms in total. The molecular weight excluding hydrogens is 396 g/mol. The van der Waals surface area contributed by atoms with E-state index in [1.807, 2.05) is 0 Å². The number of Topliss-reactive ketones (excluding diaryl/α,β-unsaturated/α-hetero) is 1. The van der Waals surface area contributed by atoms with E-state index in [4.69, 9.17) is 10.5 Å². The number of ketones is 1. The minimum atomic E-state index is -0.476. The van der Waals surface area contributed by atoms with Crippen LogP contribution >= 0.6 is 34.9 Å². The zero-order valence-corrected chi connectivity index (χ0v) is 17.1. The van der Waals surface area contributed by atoms with E-state index in [1.165, 1.54) is 42.0 Å². The van der Waals surface area contributed by atoms with Crippen molar-refractivity contribution in [1.82, 2.24) is 15.2 Å². The molecule has 2 rings (SSSR count). The number of ether oxygens (including phenoxy) is 1. The molecule has 0 radical (unpaired) electrons. The number of rotatable bonds is 8. The van der Waals surface area contributed by atoms with Crippen molar-refractivity contribution in [3.05, 3.63) is 22.5 Å². The average molecular weight is 415 g/mol. The van der Waals surface area contributed by atoms with Gasteiger partial charge in [0.15, 0.2) is 14.5 Å². The third-order valence-corrected chi connectivity index (χ3v) is 6.71. The Kier molecular flexibility index (Phi) is 6.84. The van der Waals surface area contributed by atoms with Crippen LogP contribution in [0.15, 0.2) is 8.68 Å². The molecule has 2 heterocycles. The number of aryl methyl sites for hydroxylation is 1. The Morgan fingerprint density at radius 1 is 1.27 bits per heavy atom. The first-order valence-electron chi connectivity index (χ1n) is 7.47. The lowest BCUT2D eigenvalue weighted by Crippen LogP contribution is -2.15. The van der Waals surface area contributed by atoms with Crippen molar-refractivity contribution in [3.8, 4) is 0 Å². The first-order chi connectivity index (χ1) is 12.2. The van der Waals surface area contributed by atoms with Gasteiger partial charge in [-0.15, -0.1) is 10.2 Å². The first-order valence-corrected chi connectivity index (χ1v) is 10.2. The van der Waals surface area contributed by atoms with Gasteiger partial charge in [-0.25, -0.2) is 4.79 Å². The fourth-order valence-corrected chi connectivity index (χ4v) is 5.21. The molecular formula is C15H18N4O4S3. The third kappa shape index (κ3) is 4.65. The maximum Gasteiger partial charge on any atom is 0.339 e. The largest absolute Gasteiger partial charge is 0.465 e. The second kappa shape index (κ2) is 8.69. The van der Waals surface area contributed by atoms with Gasteiger partial charge in [0.2, 0.25) is 5.91 Å². The number of nitrogens with one attached hydrogen (secondary N) is 1. The van der Waals surface area contributed by atoms with Crippen molar-refractivity contribution < 1.29 is 19.1 Å². The van der Waals surface area contributed by atoms with Crippen LogP contribution in [0, 0.1) is 13.8 Å². The molecule has 1 amide bonds. The van der Waals surface area contributed by atoms with Crippen molar-refractivity contribution in [2.45, 2.75) is 34.7 Å². The van der Waals surface area contributed by atoms with E-state index in [0.717, 1.165) is 0 Å². The van der Waals surface area contributed by atoms with E-state index < -0.39 is 17.1 Å². The second-order valence-corrected chi connectivity index (χ2v) is 9.12. The van der Waals surface area contributed by atoms with Gasteiger partial charge in [-0.1, -0.05) is 34.9 Å². The average Bonchev–Trinajstić information content (AvgIpc) is 3.15. The molecule has 2 aromatic rings. The fourth-order valence-electron chi connectivity index (χ4n) is 2.25. The summed E-state index contributed by atoms with van der Waals surface area (Å²) in [6.07, 6.45) is 0. The van der Waals surface area contributed by atoms with Gasteiger partial charge in [0.25, 0.3) is 0 Å². The van der Waals surface area contributed by atoms with E-state index in [-0.39, 0.29) is 11.5 Å². The number of nitrogens with zero attached hydrogens (tertiary/aromatic N) is 2. The Balaban J connectivity index is 2.11. The Morgan fingerprint density at radius 3 is 2.54 bits per heavy atom. The summed E-state index contributed by atoms with van der Waals surface area (Å²) in [7, 11) is 1.30. The third-order valence-electron chi connectivity index (χ3n) is 3.45. The molecule has 3 N–H and O–H groups in total. The maximum absolute atomic E-state index is 12.8. The van der Waals surface area contributed by atoms with E-state index in [9.17, 15) is 14.4 Å². The molecule has 140 valence electrons. The molecule has 0 aliphatic heterocycles. The van der Waals surface area contributed by atoms with Crippen molar-refractivity contribution in [2.75, 3.05) is 12.9 Å². The first kappa shape index (κ1) is 20.5. The van der Waals surface area contributed by atoms with Crippen LogP contribution in [0.2, 0.25) is 0 Å². The smallest absolute Gasteiger partial charge is 0.339 e. The van der Waals surface area contributed by atoms with E-state index in [0.29, 0.717) is 31.2 Å². The van der Waals surface area contributed by atoms with Crippen molar-refractivity contribution in [3.63, 3.8) is 0 Å². The van der Waals surface area contributed by atoms with Crippen molar-refractivity contribution in [2.24, 2.45) is 5.73 Å². The van der Waals surface area contributed by atoms with Crippen LogP contribution in [-0.2, 0) is 9.53 Å². The SMILES string of the molecule is COC(=O)c1c(C)[nH]c(C(=O)[C@@H](C)Sc2nnc(SCC(N)=O)s2)c1C. The predicted octanol–water partition coefficient (Wildman–Crippen LogP) is 2.21. The van der Waals surface area contributed by atoms with Gasteiger partial charge in [-0.2, -0.15) is 0 Å². The number of carbonyl (C=O) groups excluding carboxylic acids is 3. The van der Waals surface area contributed by atoms with Gasteiger partial charge >= 0.3 is 5.97 Å². The summed E-state index contributed by atoms with van der Waals surface area (Å²) in [4.78, 5) is 38.4. The summed E-state index contributed by atoms with van der Waals surface area (Å²) in [5, 5.41) is 7.55. The highest BCUT2D eigenvalue weighted by Crippen LogP contribution is 2.33. The summed E-state index contributed by atoms with van der Waals surface area (Å²) < 4.78 is 6.00. The van der Waals surface area contributed by atoms with Gasteiger partial charge in [-0.3, -0.25) is 9.59 Å². The Bertz CT molecular complexity index is 846. The lowest BCUT2D eigenvalue weighted by Gasteiger charge is -2.07. The van der Waals surface area contributed by atoms with Crippen LogP contribution in [0.3, 0.4) is 0 Å². The molecule has 11 heteroatoms. The number of aromatic nitrogens is 3. The fraction of sp³-hybridized carbons (Fsp3) is 0.400. The molecule has 0 saturated carbocycles. The number of hydrogen-bond acceptors (Lipinski definition) is 9. The van der Waals surface area contributed by atoms with Gasteiger partial charge < -0.3 is 15.5 Å². The molecule has 0 fully saturated rings. The Hall–Kier alpha value is -1.85. The highest BCUT2D eigenvalue weighted by atomic mass is 32.2. The number of hydrogen-bond donors (Lipinski definition) is 2. The summed E-state index contributed by atoms with van der Waals surface area (Å²) in [5.41, 5.74) is 7.03. The number of H-pyrrole nitrogens is 1. The van der Waals surface area contributed by atoms with E-state index in [1.54, 1.807) is 20.8 Å². The van der Waals surface area contributed by atoms with E-state index >= 15 is 0 Å². The van der Waals surface area contributed by atoms with Crippen LogP contribution in [0.5, 0.6) is 0 Å². The van der Waals surface area contributed by atoms with Crippen molar-refractivity contribution in [1.29, 1.82) is 0 Å². The summed E-state index contributed by atoms with van der Waals surface area (Å²) >= 11 is 3.77. The minimum Gasteiger partial charge on any atom is -0.465 e. The molecule has 0 saturated heterocycles. The molecule has 0 spiro atoms. The number of thioether (sulfide) groups is 2. The number of methoxy groups -OCH3 is 1. The highest BCUT2D eigenvalue weighted by molar-refractivity contribution is 8.04. The van der Waals surface area contributed by atoms with Gasteiger partial charge in [0.05, 0.1) is 29.4 Å². The van der Waals surface area contributed by atoms with Crippen LogP contribution < -0.4 is 5.73 Å². The van der Waals surface area contributed by atoms with Crippen LogP contribution in [0.1, 0.15) is 39.0 Å². The summed E-state index contributed by atoms with van der Waals surface area (Å²) in [6, 6.07) is 0. The quantitative estimate of drug-likeness (QED) is 0.382. The molecule has 0 aliphatic rings. The lowest BCUT2D eigenvalue weighted by atomic mass is 10.1. The number of aromatic amines is 1. The van der Waals surface area contributed by atoms with Crippen molar-refractivity contribution >= 4 is 52.5 Å². The molecule has 0 aromatic carbocycles. The minimum absolute atomic E-state index is 0.130. The molecule has 26 heavy (non-hydrogen) atoms. The number of carbonyl (C=O) groups is 3. The molecule has 0 bridgehead atoms. The molecule has 1 atom stereocenters. The molecule has 2 aromatic heterocycles. The zero-order chi connectivity index (χ0) is 19.4. The van der Waals surface area contributed by atoms with Crippen LogP contribution in [0.25, 0.3) is 0 Å². The Labute approximate surface area is 162 Å². The summed E-state index contributed by atoms with van der Waals surface area (Å²) in [5.74, 6) is -0.921. The standard InChI is InChI=1S/C15H18N4O4S3/c1-6-10(13(22)23-4)7(2)17-11(6)12(21)8(3)25-15-19-18-14(26-15)24-5-9(16)20/h8,17H,5H2,1-4H3,(H2,16,20)/t8-/m1/s1. The van der Waals surface area contributed by atoms with Crippen LogP contribution in [0.4, 0.5) is 0 Å². The maximum atomic E-state index is 12.8. The normalized spacial score (nSPS) is 12.0. The number of esters is 1. The number of nitrogens with two attached hydrogens (primary N) is 1. The van der Waals surface area contributed by atoms with Gasteiger partial charge in [0.1, 0.15) is 0 Å². The van der Waals surface area contributed by atoms with E-state index in [2.05, 4.69) is 15.2 Å². The topological polar surface area (TPSA) is 128 Å². The van der Waals surface area contributed by atoms with Crippen LogP contribution in [-0.4, -0.2) is 51.0 Å². The van der Waals surface area contributed by atoms with Gasteiger partial charge in [-0.05, 0) is 26.3 Å². The number of primary amides is 1. The van der Waals surface area contributed by atoms with Gasteiger partial charge in [0, 0.05) is 5.69 Å². The molecule has 0 aliphatic carbocycles. The number of amides is 1. The lowest BCUT2D eigenvalue weighted by molar-refractivity contribution is -0.115. The highest BCUT2D eigenvalue weighted by Gasteiger charge is 2.26. The predicted molar refractivity (Wildman–Crippen MR) is 101 cm³/mol. The summed E-state index contributed by atoms with van der Waals surface area (Å²) in [6.45, 7) is 5.20. The monoisotopic (exact) mass is 414 g/mol. The molecule has 0 unspecified atom stereocenters. The second-order valence-electron chi connectivity index (χ2n) is 5.33. The Morgan fingerprint density at radius 2 is 1.92 bits per heavy atom. The zero-order valence-electron chi connectivity index (χ0n) is 14.6.